The lowest BCUT2D eigenvalue weighted by Crippen LogP contribution is -2.23. The molecule has 0 radical (unpaired) electrons. The number of allylic oxidation sites excluding steroid dienone is 1. The summed E-state index contributed by atoms with van der Waals surface area (Å²) in [4.78, 5) is 27.7. The minimum Gasteiger partial charge on any atom is -0.453 e. The number of para-hydroxylation sites is 2. The maximum Gasteiger partial charge on any atom is 0.198 e. The highest BCUT2D eigenvalue weighted by molar-refractivity contribution is 7.08. The van der Waals surface area contributed by atoms with Gasteiger partial charge >= 0.3 is 0 Å². The lowest BCUT2D eigenvalue weighted by atomic mass is 10.0. The van der Waals surface area contributed by atoms with E-state index in [1.54, 1.807) is 16.8 Å². The van der Waals surface area contributed by atoms with Crippen LogP contribution in [0.1, 0.15) is 26.3 Å². The molecule has 1 aliphatic carbocycles. The Morgan fingerprint density at radius 1 is 0.667 bits per heavy atom. The molecular formula is C26H11NO5S. The Labute approximate surface area is 190 Å². The number of ketones is 2. The maximum atomic E-state index is 12.8. The van der Waals surface area contributed by atoms with E-state index < -0.39 is 0 Å². The predicted molar refractivity (Wildman–Crippen MR) is 122 cm³/mol. The van der Waals surface area contributed by atoms with E-state index in [0.717, 1.165) is 17.1 Å². The van der Waals surface area contributed by atoms with Crippen LogP contribution in [0, 0.1) is 0 Å². The van der Waals surface area contributed by atoms with Crippen molar-refractivity contribution >= 4 is 46.0 Å². The Kier molecular flexibility index (Phi) is 2.98. The summed E-state index contributed by atoms with van der Waals surface area (Å²) in [6.07, 6.45) is 1.62. The molecular weight excluding hydrogens is 438 g/mol. The summed E-state index contributed by atoms with van der Waals surface area (Å²) in [5.41, 5.74) is 4.17. The molecule has 4 aliphatic rings. The Morgan fingerprint density at radius 3 is 1.64 bits per heavy atom. The summed E-state index contributed by atoms with van der Waals surface area (Å²) in [6, 6.07) is 15.0. The quantitative estimate of drug-likeness (QED) is 0.199. The van der Waals surface area contributed by atoms with Crippen molar-refractivity contribution in [2.24, 2.45) is 0 Å². The fraction of sp³-hybridized carbons (Fsp3) is 0. The number of carbonyl (C=O) groups excluding carboxylic acids is 2. The summed E-state index contributed by atoms with van der Waals surface area (Å²) >= 11 is 1.36. The second kappa shape index (κ2) is 5.70. The van der Waals surface area contributed by atoms with Crippen LogP contribution in [0.4, 0.5) is 17.1 Å². The monoisotopic (exact) mass is 449 g/mol. The van der Waals surface area contributed by atoms with E-state index in [1.807, 2.05) is 48.5 Å². The third kappa shape index (κ3) is 2.07. The number of fused-ring (bicyclic) bond motifs is 1. The normalized spacial score (nSPS) is 15.4. The molecule has 4 heterocycles. The summed E-state index contributed by atoms with van der Waals surface area (Å²) in [7, 11) is 0. The number of benzene rings is 3. The number of carbonyl (C=O) groups is 2. The molecule has 156 valence electrons. The van der Waals surface area contributed by atoms with E-state index in [2.05, 4.69) is 4.90 Å². The van der Waals surface area contributed by atoms with Gasteiger partial charge in [0.1, 0.15) is 17.1 Å². The molecule has 0 amide bonds. The van der Waals surface area contributed by atoms with E-state index in [1.165, 1.54) is 11.3 Å². The van der Waals surface area contributed by atoms with Crippen LogP contribution in [0.15, 0.2) is 64.9 Å². The van der Waals surface area contributed by atoms with E-state index in [0.29, 0.717) is 51.2 Å². The summed E-state index contributed by atoms with van der Waals surface area (Å²) in [5.74, 6) is 3.40. The van der Waals surface area contributed by atoms with Crippen LogP contribution in [0.2, 0.25) is 0 Å². The first kappa shape index (κ1) is 17.2. The van der Waals surface area contributed by atoms with Gasteiger partial charge in [0.05, 0.1) is 5.57 Å². The molecule has 0 spiro atoms. The second-order valence-electron chi connectivity index (χ2n) is 8.13. The average molecular weight is 449 g/mol. The molecule has 3 aliphatic heterocycles. The largest absolute Gasteiger partial charge is 0.453 e. The first-order valence-electron chi connectivity index (χ1n) is 10.3. The molecule has 1 aromatic heterocycles. The number of thiophene rings is 1. The number of hydrogen-bond acceptors (Lipinski definition) is 7. The van der Waals surface area contributed by atoms with Gasteiger partial charge < -0.3 is 14.2 Å². The van der Waals surface area contributed by atoms with Gasteiger partial charge in [-0.25, -0.2) is 0 Å². The first-order chi connectivity index (χ1) is 16.2. The third-order valence-corrected chi connectivity index (χ3v) is 7.01. The number of hydrogen-bond donors (Lipinski definition) is 0. The lowest BCUT2D eigenvalue weighted by Gasteiger charge is -2.41. The van der Waals surface area contributed by atoms with Crippen molar-refractivity contribution in [1.82, 2.24) is 0 Å². The topological polar surface area (TPSA) is 65.1 Å². The summed E-state index contributed by atoms with van der Waals surface area (Å²) in [6.45, 7) is 0. The van der Waals surface area contributed by atoms with Crippen LogP contribution < -0.4 is 19.1 Å². The van der Waals surface area contributed by atoms with Crippen LogP contribution >= 0.6 is 11.3 Å². The van der Waals surface area contributed by atoms with Crippen LogP contribution in [0.3, 0.4) is 0 Å². The molecule has 3 aromatic carbocycles. The van der Waals surface area contributed by atoms with Crippen molar-refractivity contribution in [3.05, 3.63) is 81.6 Å². The first-order valence-corrected chi connectivity index (χ1v) is 11.3. The molecule has 0 fully saturated rings. The number of Topliss-reactive ketones (excluding diaryl/α,β-unsaturated/α-hetero) is 2. The van der Waals surface area contributed by atoms with Gasteiger partial charge in [0, 0.05) is 21.9 Å². The molecule has 33 heavy (non-hydrogen) atoms. The Hall–Kier alpha value is -4.36. The molecule has 0 atom stereocenters. The van der Waals surface area contributed by atoms with Crippen molar-refractivity contribution in [2.45, 2.75) is 0 Å². The minimum atomic E-state index is -0.248. The summed E-state index contributed by atoms with van der Waals surface area (Å²) in [5, 5.41) is 3.45. The zero-order chi connectivity index (χ0) is 21.8. The van der Waals surface area contributed by atoms with Gasteiger partial charge in [0.15, 0.2) is 46.1 Å². The van der Waals surface area contributed by atoms with E-state index >= 15 is 0 Å². The fourth-order valence-electron chi connectivity index (χ4n) is 4.87. The van der Waals surface area contributed by atoms with Gasteiger partial charge in [0.2, 0.25) is 0 Å². The van der Waals surface area contributed by atoms with Crippen molar-refractivity contribution in [3.63, 3.8) is 0 Å². The molecule has 4 aromatic rings. The van der Waals surface area contributed by atoms with Crippen molar-refractivity contribution < 1.29 is 23.8 Å². The Morgan fingerprint density at radius 2 is 1.12 bits per heavy atom. The molecule has 8 rings (SSSR count). The molecule has 7 heteroatoms. The van der Waals surface area contributed by atoms with Crippen LogP contribution in [-0.4, -0.2) is 11.6 Å². The van der Waals surface area contributed by atoms with Crippen LogP contribution in [0.5, 0.6) is 34.5 Å². The number of nitrogens with zero attached hydrogens (tertiary/aromatic N) is 1. The minimum absolute atomic E-state index is 0.156. The number of anilines is 3. The van der Waals surface area contributed by atoms with Crippen molar-refractivity contribution in [2.75, 3.05) is 4.90 Å². The zero-order valence-electron chi connectivity index (χ0n) is 16.7. The van der Waals surface area contributed by atoms with Gasteiger partial charge in [-0.15, -0.1) is 0 Å². The average Bonchev–Trinajstić information content (AvgIpc) is 3.39. The fourth-order valence-corrected chi connectivity index (χ4v) is 5.68. The SMILES string of the molecule is O=C1C(=Cc2cc3c4c(c2)Oc2cccc5c2N4c2c(cccc2O3)O5)C(=O)c2cscc21. The third-order valence-electron chi connectivity index (χ3n) is 6.27. The van der Waals surface area contributed by atoms with Gasteiger partial charge in [0.25, 0.3) is 0 Å². The molecule has 0 unspecified atom stereocenters. The standard InChI is InChI=1S/C26H11NO5S/c28-25-13(26(29)15-11-33-10-14(15)25)7-12-8-20-24-21(9-12)32-19-6-2-4-17-23(19)27(24)22-16(30-17)3-1-5-18(22)31-20/h1-11H. The smallest absolute Gasteiger partial charge is 0.198 e. The molecule has 0 saturated carbocycles. The molecule has 0 saturated heterocycles. The van der Waals surface area contributed by atoms with Crippen LogP contribution in [0.25, 0.3) is 6.08 Å². The van der Waals surface area contributed by atoms with Crippen LogP contribution in [-0.2, 0) is 0 Å². The number of rotatable bonds is 1. The van der Waals surface area contributed by atoms with Gasteiger partial charge in [-0.2, -0.15) is 11.3 Å². The zero-order valence-corrected chi connectivity index (χ0v) is 17.6. The van der Waals surface area contributed by atoms with Gasteiger partial charge in [-0.1, -0.05) is 12.1 Å². The van der Waals surface area contributed by atoms with E-state index in [4.69, 9.17) is 14.2 Å². The maximum absolute atomic E-state index is 12.8. The van der Waals surface area contributed by atoms with Gasteiger partial charge in [-0.05, 0) is 48.0 Å². The highest BCUT2D eigenvalue weighted by Gasteiger charge is 2.41. The lowest BCUT2D eigenvalue weighted by molar-refractivity contribution is 0.0990. The van der Waals surface area contributed by atoms with E-state index in [9.17, 15) is 9.59 Å². The molecule has 0 bridgehead atoms. The molecule has 6 nitrogen and oxygen atoms in total. The highest BCUT2D eigenvalue weighted by Crippen LogP contribution is 2.66. The molecule has 0 N–H and O–H groups in total. The summed E-state index contributed by atoms with van der Waals surface area (Å²) < 4.78 is 18.6. The van der Waals surface area contributed by atoms with E-state index in [-0.39, 0.29) is 17.1 Å². The Bertz CT molecular complexity index is 1540. The van der Waals surface area contributed by atoms with Crippen molar-refractivity contribution in [1.29, 1.82) is 0 Å². The second-order valence-corrected chi connectivity index (χ2v) is 8.87. The van der Waals surface area contributed by atoms with Crippen molar-refractivity contribution in [3.8, 4) is 34.5 Å². The Balaban J connectivity index is 1.35. The predicted octanol–water partition coefficient (Wildman–Crippen LogP) is 7.00. The highest BCUT2D eigenvalue weighted by atomic mass is 32.1. The number of ether oxygens (including phenoxy) is 3. The van der Waals surface area contributed by atoms with Gasteiger partial charge in [-0.3, -0.25) is 14.5 Å².